The average Bonchev–Trinajstić information content (AvgIpc) is 2.92. The van der Waals surface area contributed by atoms with Gasteiger partial charge in [-0.1, -0.05) is 29.4 Å². The van der Waals surface area contributed by atoms with Crippen LogP contribution in [-0.4, -0.2) is 50.2 Å². The molecule has 2 N–H and O–H groups in total. The number of amides is 1. The van der Waals surface area contributed by atoms with Crippen molar-refractivity contribution >= 4 is 46.1 Å². The normalized spacial score (nSPS) is 16.5. The predicted molar refractivity (Wildman–Crippen MR) is 120 cm³/mol. The number of carboxylic acids is 1. The van der Waals surface area contributed by atoms with E-state index in [1.807, 2.05) is 0 Å². The van der Waals surface area contributed by atoms with Crippen molar-refractivity contribution in [1.82, 2.24) is 9.47 Å². The number of aromatic nitrogens is 1. The number of carboxylic acid groups (broad SMARTS) is 1. The number of rotatable bonds is 6. The van der Waals surface area contributed by atoms with Crippen LogP contribution in [0.5, 0.6) is 0 Å². The zero-order valence-electron chi connectivity index (χ0n) is 17.7. The zero-order chi connectivity index (χ0) is 23.1. The van der Waals surface area contributed by atoms with Crippen LogP contribution in [0, 0.1) is 12.7 Å². The molecule has 0 bridgehead atoms. The molecule has 1 aromatic carbocycles. The summed E-state index contributed by atoms with van der Waals surface area (Å²) in [6, 6.07) is 3.17. The summed E-state index contributed by atoms with van der Waals surface area (Å²) in [5.74, 6) is -1.87. The fourth-order valence-electron chi connectivity index (χ4n) is 3.66. The highest BCUT2D eigenvalue weighted by Crippen LogP contribution is 2.40. The number of hydrogen-bond acceptors (Lipinski definition) is 4. The van der Waals surface area contributed by atoms with Gasteiger partial charge in [-0.3, -0.25) is 4.79 Å². The van der Waals surface area contributed by atoms with Crippen LogP contribution in [0.4, 0.5) is 4.39 Å². The molecule has 6 nitrogen and oxygen atoms in total. The maximum absolute atomic E-state index is 15.0. The highest BCUT2D eigenvalue weighted by atomic mass is 35.5. The third-order valence-corrected chi connectivity index (χ3v) is 6.66. The van der Waals surface area contributed by atoms with Gasteiger partial charge in [0.2, 0.25) is 5.91 Å². The molecule has 1 aliphatic heterocycles. The molecule has 0 radical (unpaired) electrons. The molecule has 0 unspecified atom stereocenters. The van der Waals surface area contributed by atoms with Gasteiger partial charge in [0, 0.05) is 16.0 Å². The molecular weight excluding hydrogens is 443 g/mol. The SMILES string of the molecule is CC=C(C=C(C)Sc1c(C)n(CC(=O)N2CC(C)(O)C2)c2c(F)c(Cl)ccc12)C(=O)O. The molecule has 0 saturated carbocycles. The summed E-state index contributed by atoms with van der Waals surface area (Å²) in [5.41, 5.74) is 0.160. The minimum absolute atomic E-state index is 0.0449. The lowest BCUT2D eigenvalue weighted by Crippen LogP contribution is -2.62. The van der Waals surface area contributed by atoms with Crippen LogP contribution in [0.3, 0.4) is 0 Å². The number of aliphatic carboxylic acids is 1. The van der Waals surface area contributed by atoms with Gasteiger partial charge in [-0.15, -0.1) is 0 Å². The van der Waals surface area contributed by atoms with E-state index in [0.717, 1.165) is 4.90 Å². The van der Waals surface area contributed by atoms with Crippen molar-refractivity contribution in [2.24, 2.45) is 0 Å². The van der Waals surface area contributed by atoms with Crippen LogP contribution >= 0.6 is 23.4 Å². The van der Waals surface area contributed by atoms with Gasteiger partial charge in [0.1, 0.15) is 6.54 Å². The third-order valence-electron chi connectivity index (χ3n) is 5.21. The van der Waals surface area contributed by atoms with Gasteiger partial charge in [0.25, 0.3) is 0 Å². The van der Waals surface area contributed by atoms with Crippen molar-refractivity contribution in [3.63, 3.8) is 0 Å². The lowest BCUT2D eigenvalue weighted by atomic mass is 9.97. The number of nitrogens with zero attached hydrogens (tertiary/aromatic N) is 2. The van der Waals surface area contributed by atoms with Crippen molar-refractivity contribution < 1.29 is 24.2 Å². The molecule has 166 valence electrons. The first-order valence-electron chi connectivity index (χ1n) is 9.68. The van der Waals surface area contributed by atoms with Crippen LogP contribution in [0.2, 0.25) is 5.02 Å². The molecule has 1 amide bonds. The third kappa shape index (κ3) is 4.66. The summed E-state index contributed by atoms with van der Waals surface area (Å²) in [6.07, 6.45) is 3.05. The van der Waals surface area contributed by atoms with Gasteiger partial charge in [0.05, 0.1) is 34.8 Å². The number of carbonyl (C=O) groups excluding carboxylic acids is 1. The standard InChI is InChI=1S/C22H24ClFN2O4S/c1-5-14(21(28)29)8-12(2)31-20-13(3)26(9-17(27)25-10-22(4,30)11-25)19-15(20)6-7-16(23)18(19)24/h5-8,30H,9-11H2,1-4H3,(H,28,29). The summed E-state index contributed by atoms with van der Waals surface area (Å²) in [5, 5.41) is 19.7. The molecule has 0 atom stereocenters. The van der Waals surface area contributed by atoms with E-state index in [2.05, 4.69) is 0 Å². The minimum Gasteiger partial charge on any atom is -0.478 e. The lowest BCUT2D eigenvalue weighted by Gasteiger charge is -2.44. The Labute approximate surface area is 189 Å². The molecule has 3 rings (SSSR count). The van der Waals surface area contributed by atoms with E-state index in [0.29, 0.717) is 16.0 Å². The largest absolute Gasteiger partial charge is 0.478 e. The minimum atomic E-state index is -1.03. The molecule has 2 aromatic rings. The van der Waals surface area contributed by atoms with Crippen molar-refractivity contribution in [1.29, 1.82) is 0 Å². The number of aliphatic hydroxyl groups is 1. The summed E-state index contributed by atoms with van der Waals surface area (Å²) >= 11 is 7.33. The molecule has 1 aliphatic rings. The Morgan fingerprint density at radius 3 is 2.55 bits per heavy atom. The van der Waals surface area contributed by atoms with Crippen LogP contribution < -0.4 is 0 Å². The Bertz CT molecular complexity index is 1130. The van der Waals surface area contributed by atoms with E-state index < -0.39 is 17.4 Å². The number of β-amino-alcohol motifs (C(OH)–C–C–N with tert-alkyl or cyclic N) is 1. The predicted octanol–water partition coefficient (Wildman–Crippen LogP) is 4.36. The van der Waals surface area contributed by atoms with Crippen LogP contribution in [0.25, 0.3) is 10.9 Å². The van der Waals surface area contributed by atoms with E-state index in [9.17, 15) is 19.8 Å². The van der Waals surface area contributed by atoms with Crippen molar-refractivity contribution in [3.8, 4) is 0 Å². The number of hydrogen-bond donors (Lipinski definition) is 2. The summed E-state index contributed by atoms with van der Waals surface area (Å²) in [4.78, 5) is 27.0. The number of thioether (sulfide) groups is 1. The highest BCUT2D eigenvalue weighted by Gasteiger charge is 2.39. The van der Waals surface area contributed by atoms with E-state index in [1.165, 1.54) is 28.8 Å². The van der Waals surface area contributed by atoms with Gasteiger partial charge >= 0.3 is 5.97 Å². The quantitative estimate of drug-likeness (QED) is 0.375. The lowest BCUT2D eigenvalue weighted by molar-refractivity contribution is -0.152. The van der Waals surface area contributed by atoms with Gasteiger partial charge in [-0.25, -0.2) is 9.18 Å². The monoisotopic (exact) mass is 466 g/mol. The van der Waals surface area contributed by atoms with Crippen molar-refractivity contribution in [3.05, 3.63) is 51.3 Å². The number of halogens is 2. The first-order chi connectivity index (χ1) is 14.4. The van der Waals surface area contributed by atoms with E-state index >= 15 is 4.39 Å². The van der Waals surface area contributed by atoms with E-state index in [4.69, 9.17) is 11.6 Å². The van der Waals surface area contributed by atoms with Gasteiger partial charge in [-0.2, -0.15) is 0 Å². The molecular formula is C22H24ClFN2O4S. The van der Waals surface area contributed by atoms with Gasteiger partial charge in [-0.05, 0) is 50.8 Å². The second-order valence-corrected chi connectivity index (χ2v) is 9.57. The number of allylic oxidation sites excluding steroid dienone is 2. The molecule has 31 heavy (non-hydrogen) atoms. The first kappa shape index (κ1) is 23.4. The molecule has 1 aromatic heterocycles. The first-order valence-corrected chi connectivity index (χ1v) is 10.9. The molecule has 9 heteroatoms. The fourth-order valence-corrected chi connectivity index (χ4v) is 4.86. The topological polar surface area (TPSA) is 82.8 Å². The van der Waals surface area contributed by atoms with Crippen molar-refractivity contribution in [2.75, 3.05) is 13.1 Å². The van der Waals surface area contributed by atoms with Crippen LogP contribution in [0.1, 0.15) is 26.5 Å². The van der Waals surface area contributed by atoms with Crippen LogP contribution in [-0.2, 0) is 16.1 Å². The highest BCUT2D eigenvalue weighted by molar-refractivity contribution is 8.03. The molecule has 1 fully saturated rings. The molecule has 2 heterocycles. The molecule has 0 aliphatic carbocycles. The molecule has 0 spiro atoms. The van der Waals surface area contributed by atoms with Crippen molar-refractivity contribution in [2.45, 2.75) is 44.7 Å². The summed E-state index contributed by atoms with van der Waals surface area (Å²) in [7, 11) is 0. The summed E-state index contributed by atoms with van der Waals surface area (Å²) < 4.78 is 16.6. The average molecular weight is 467 g/mol. The number of benzene rings is 1. The maximum atomic E-state index is 15.0. The number of carbonyl (C=O) groups is 2. The smallest absolute Gasteiger partial charge is 0.335 e. The number of likely N-dealkylation sites (tertiary alicyclic amines) is 1. The Hall–Kier alpha value is -2.29. The van der Waals surface area contributed by atoms with Crippen LogP contribution in [0.15, 0.2) is 39.7 Å². The molecule has 1 saturated heterocycles. The Morgan fingerprint density at radius 2 is 2.00 bits per heavy atom. The van der Waals surface area contributed by atoms with Gasteiger partial charge < -0.3 is 19.7 Å². The second-order valence-electron chi connectivity index (χ2n) is 7.91. The fraction of sp³-hybridized carbons (Fsp3) is 0.364. The maximum Gasteiger partial charge on any atom is 0.335 e. The Balaban J connectivity index is 2.02. The Morgan fingerprint density at radius 1 is 1.35 bits per heavy atom. The zero-order valence-corrected chi connectivity index (χ0v) is 19.3. The van der Waals surface area contributed by atoms with Gasteiger partial charge in [0.15, 0.2) is 5.82 Å². The Kier molecular flexibility index (Phi) is 6.55. The number of fused-ring (bicyclic) bond motifs is 1. The second kappa shape index (κ2) is 8.68. The van der Waals surface area contributed by atoms with E-state index in [-0.39, 0.29) is 41.7 Å². The summed E-state index contributed by atoms with van der Waals surface area (Å²) in [6.45, 7) is 7.25. The van der Waals surface area contributed by atoms with E-state index in [1.54, 1.807) is 44.4 Å².